The van der Waals surface area contributed by atoms with Gasteiger partial charge in [0.15, 0.2) is 6.29 Å². The number of anilines is 1. The van der Waals surface area contributed by atoms with Gasteiger partial charge in [-0.15, -0.1) is 11.3 Å². The number of aromatic nitrogens is 1. The Kier molecular flexibility index (Phi) is 4.22. The summed E-state index contributed by atoms with van der Waals surface area (Å²) in [7, 11) is 1.50. The average Bonchev–Trinajstić information content (AvgIpc) is 3.39. The summed E-state index contributed by atoms with van der Waals surface area (Å²) in [5, 5.41) is 3.92. The third kappa shape index (κ3) is 2.83. The summed E-state index contributed by atoms with van der Waals surface area (Å²) in [6.45, 7) is 1.10. The fraction of sp³-hybridized carbons (Fsp3) is 0.350. The number of thiophene rings is 1. The van der Waals surface area contributed by atoms with E-state index in [-0.39, 0.29) is 6.42 Å². The topological polar surface area (TPSA) is 52.6 Å². The highest BCUT2D eigenvalue weighted by Gasteiger charge is 2.49. The molecule has 1 fully saturated rings. The Balaban J connectivity index is 1.53. The van der Waals surface area contributed by atoms with E-state index in [9.17, 15) is 8.78 Å². The van der Waals surface area contributed by atoms with Gasteiger partial charge >= 0.3 is 0 Å². The molecular formula is C20H18F2N2O3S. The number of halogens is 2. The van der Waals surface area contributed by atoms with Gasteiger partial charge in [0.25, 0.3) is 5.92 Å². The molecule has 146 valence electrons. The van der Waals surface area contributed by atoms with Crippen molar-refractivity contribution in [3.63, 3.8) is 0 Å². The quantitative estimate of drug-likeness (QED) is 0.683. The molecule has 1 N–H and O–H groups in total. The van der Waals surface area contributed by atoms with E-state index in [2.05, 4.69) is 10.3 Å². The predicted molar refractivity (Wildman–Crippen MR) is 102 cm³/mol. The summed E-state index contributed by atoms with van der Waals surface area (Å²) in [4.78, 5) is 5.25. The number of methoxy groups -OCH3 is 1. The van der Waals surface area contributed by atoms with Crippen LogP contribution in [0.1, 0.15) is 28.3 Å². The summed E-state index contributed by atoms with van der Waals surface area (Å²) in [6.07, 6.45) is 0.861. The third-order valence-corrected chi connectivity index (χ3v) is 6.30. The molecule has 1 aliphatic carbocycles. The fourth-order valence-corrected chi connectivity index (χ4v) is 4.95. The van der Waals surface area contributed by atoms with Crippen molar-refractivity contribution in [2.75, 3.05) is 25.6 Å². The van der Waals surface area contributed by atoms with Crippen molar-refractivity contribution in [1.29, 1.82) is 0 Å². The molecular weight excluding hydrogens is 386 g/mol. The lowest BCUT2D eigenvalue weighted by Gasteiger charge is -2.22. The number of pyridine rings is 1. The van der Waals surface area contributed by atoms with Crippen LogP contribution >= 0.6 is 11.3 Å². The third-order valence-electron chi connectivity index (χ3n) is 5.12. The van der Waals surface area contributed by atoms with Crippen molar-refractivity contribution in [3.8, 4) is 5.75 Å². The molecule has 3 heterocycles. The molecule has 0 bridgehead atoms. The molecule has 3 aromatic rings. The smallest absolute Gasteiger partial charge is 0.276 e. The van der Waals surface area contributed by atoms with Gasteiger partial charge in [-0.05, 0) is 29.1 Å². The molecule has 5 rings (SSSR count). The van der Waals surface area contributed by atoms with E-state index in [0.717, 1.165) is 15.0 Å². The van der Waals surface area contributed by atoms with E-state index < -0.39 is 18.3 Å². The monoisotopic (exact) mass is 404 g/mol. The van der Waals surface area contributed by atoms with E-state index in [4.69, 9.17) is 14.2 Å². The Morgan fingerprint density at radius 2 is 2.07 bits per heavy atom. The number of alkyl halides is 2. The van der Waals surface area contributed by atoms with E-state index in [0.29, 0.717) is 35.9 Å². The van der Waals surface area contributed by atoms with Gasteiger partial charge in [0.1, 0.15) is 17.6 Å². The highest BCUT2D eigenvalue weighted by atomic mass is 32.1. The molecule has 0 spiro atoms. The summed E-state index contributed by atoms with van der Waals surface area (Å²) in [5.41, 5.74) is 1.08. The fourth-order valence-electron chi connectivity index (χ4n) is 3.85. The largest absolute Gasteiger partial charge is 0.496 e. The van der Waals surface area contributed by atoms with Crippen LogP contribution in [0.5, 0.6) is 5.75 Å². The zero-order valence-corrected chi connectivity index (χ0v) is 15.9. The Morgan fingerprint density at radius 3 is 2.86 bits per heavy atom. The minimum atomic E-state index is -2.95. The van der Waals surface area contributed by atoms with E-state index >= 15 is 0 Å². The van der Waals surface area contributed by atoms with Gasteiger partial charge < -0.3 is 19.5 Å². The molecule has 2 aromatic heterocycles. The molecule has 0 unspecified atom stereocenters. The minimum absolute atomic E-state index is 0.362. The van der Waals surface area contributed by atoms with Crippen LogP contribution in [0, 0.1) is 0 Å². The summed E-state index contributed by atoms with van der Waals surface area (Å²) in [5.74, 6) is -2.02. The lowest BCUT2D eigenvalue weighted by atomic mass is 10.1. The van der Waals surface area contributed by atoms with Crippen LogP contribution in [-0.4, -0.2) is 31.2 Å². The lowest BCUT2D eigenvalue weighted by Crippen LogP contribution is -2.28. The second kappa shape index (κ2) is 6.65. The first kappa shape index (κ1) is 17.8. The second-order valence-corrected chi connectivity index (χ2v) is 7.93. The summed E-state index contributed by atoms with van der Waals surface area (Å²) < 4.78 is 47.0. The average molecular weight is 404 g/mol. The Hall–Kier alpha value is -2.29. The Labute approximate surface area is 164 Å². The highest BCUT2D eigenvalue weighted by Crippen LogP contribution is 2.48. The van der Waals surface area contributed by atoms with Crippen LogP contribution in [0.2, 0.25) is 0 Å². The number of rotatable bonds is 4. The van der Waals surface area contributed by atoms with Gasteiger partial charge in [-0.1, -0.05) is 12.1 Å². The Bertz CT molecular complexity index is 1030. The van der Waals surface area contributed by atoms with Crippen LogP contribution in [0.25, 0.3) is 10.1 Å². The van der Waals surface area contributed by atoms with Crippen LogP contribution in [-0.2, 0) is 15.9 Å². The molecule has 1 saturated heterocycles. The van der Waals surface area contributed by atoms with Crippen molar-refractivity contribution in [2.45, 2.75) is 24.7 Å². The number of nitrogens with one attached hydrogen (secondary N) is 1. The van der Waals surface area contributed by atoms with E-state index in [1.165, 1.54) is 18.4 Å². The van der Waals surface area contributed by atoms with Crippen molar-refractivity contribution in [2.24, 2.45) is 0 Å². The molecule has 28 heavy (non-hydrogen) atoms. The number of nitrogens with zero attached hydrogens (tertiary/aromatic N) is 1. The zero-order valence-electron chi connectivity index (χ0n) is 15.1. The van der Waals surface area contributed by atoms with Crippen molar-refractivity contribution < 1.29 is 23.0 Å². The van der Waals surface area contributed by atoms with E-state index in [1.54, 1.807) is 24.4 Å². The normalized spacial score (nSPS) is 21.2. The first-order chi connectivity index (χ1) is 13.6. The summed E-state index contributed by atoms with van der Waals surface area (Å²) >= 11 is 1.45. The molecule has 0 saturated carbocycles. The van der Waals surface area contributed by atoms with Crippen molar-refractivity contribution in [3.05, 3.63) is 52.5 Å². The highest BCUT2D eigenvalue weighted by molar-refractivity contribution is 7.19. The Morgan fingerprint density at radius 1 is 1.25 bits per heavy atom. The van der Waals surface area contributed by atoms with Gasteiger partial charge in [0, 0.05) is 18.2 Å². The standard InChI is InChI=1S/C20H18F2N2O3S/c1-25-14-4-2-3-12-13(14)10-20(21,22)17(12)24-18-16-11(5-6-23-18)9-15(28-16)19-26-7-8-27-19/h2-6,9,17,19H,7-8,10H2,1H3,(H,23,24)/t17-/m0/s1. The second-order valence-electron chi connectivity index (χ2n) is 6.84. The molecule has 1 atom stereocenters. The molecule has 1 aromatic carbocycles. The molecule has 5 nitrogen and oxygen atoms in total. The van der Waals surface area contributed by atoms with Crippen LogP contribution < -0.4 is 10.1 Å². The van der Waals surface area contributed by atoms with Gasteiger partial charge in [0.2, 0.25) is 0 Å². The maximum absolute atomic E-state index is 14.9. The molecule has 0 amide bonds. The lowest BCUT2D eigenvalue weighted by molar-refractivity contribution is -0.0412. The van der Waals surface area contributed by atoms with Crippen LogP contribution in [0.15, 0.2) is 36.5 Å². The van der Waals surface area contributed by atoms with Gasteiger partial charge in [-0.2, -0.15) is 0 Å². The molecule has 1 aliphatic heterocycles. The predicted octanol–water partition coefficient (Wildman–Crippen LogP) is 4.69. The van der Waals surface area contributed by atoms with Gasteiger partial charge in [-0.25, -0.2) is 13.8 Å². The number of benzene rings is 1. The molecule has 8 heteroatoms. The van der Waals surface area contributed by atoms with Crippen LogP contribution in [0.3, 0.4) is 0 Å². The zero-order chi connectivity index (χ0) is 19.3. The maximum atomic E-state index is 14.9. The number of ether oxygens (including phenoxy) is 3. The number of hydrogen-bond donors (Lipinski definition) is 1. The first-order valence-corrected chi connectivity index (χ1v) is 9.80. The molecule has 0 radical (unpaired) electrons. The van der Waals surface area contributed by atoms with Crippen LogP contribution in [0.4, 0.5) is 14.6 Å². The first-order valence-electron chi connectivity index (χ1n) is 8.98. The van der Waals surface area contributed by atoms with E-state index in [1.807, 2.05) is 12.1 Å². The minimum Gasteiger partial charge on any atom is -0.496 e. The number of hydrogen-bond acceptors (Lipinski definition) is 6. The SMILES string of the molecule is COc1cccc2c1CC(F)(F)[C@H]2Nc1nccc2cc(C3OCCO3)sc12. The van der Waals surface area contributed by atoms with Crippen molar-refractivity contribution >= 4 is 27.2 Å². The van der Waals surface area contributed by atoms with Crippen molar-refractivity contribution in [1.82, 2.24) is 4.98 Å². The molecule has 2 aliphatic rings. The summed E-state index contributed by atoms with van der Waals surface area (Å²) in [6, 6.07) is 7.83. The van der Waals surface area contributed by atoms with Gasteiger partial charge in [0.05, 0.1) is 29.9 Å². The van der Waals surface area contributed by atoms with Gasteiger partial charge in [-0.3, -0.25) is 0 Å². The number of fused-ring (bicyclic) bond motifs is 2. The maximum Gasteiger partial charge on any atom is 0.276 e.